The maximum absolute atomic E-state index is 11.9. The third-order valence-corrected chi connectivity index (χ3v) is 4.00. The summed E-state index contributed by atoms with van der Waals surface area (Å²) in [5, 5.41) is 16.9. The quantitative estimate of drug-likeness (QED) is 0.302. The minimum absolute atomic E-state index is 0.0876. The number of carbonyl (C=O) groups excluding carboxylic acids is 2. The van der Waals surface area contributed by atoms with Gasteiger partial charge in [-0.3, -0.25) is 4.79 Å². The van der Waals surface area contributed by atoms with Gasteiger partial charge in [0.25, 0.3) is 0 Å². The molecule has 144 valence electrons. The number of amides is 1. The van der Waals surface area contributed by atoms with Gasteiger partial charge in [0.1, 0.15) is 18.3 Å². The average Bonchev–Trinajstić information content (AvgIpc) is 2.94. The van der Waals surface area contributed by atoms with Crippen molar-refractivity contribution in [2.24, 2.45) is 5.11 Å². The zero-order valence-corrected chi connectivity index (χ0v) is 14.9. The minimum Gasteiger partial charge on any atom is -0.478 e. The Morgan fingerprint density at radius 3 is 2.73 bits per heavy atom. The molecule has 1 amide bonds. The average molecular weight is 370 g/mol. The minimum atomic E-state index is -1.28. The van der Waals surface area contributed by atoms with Crippen LogP contribution in [0.3, 0.4) is 0 Å². The molecule has 1 fully saturated rings. The van der Waals surface area contributed by atoms with Crippen LogP contribution in [0, 0.1) is 0 Å². The Morgan fingerprint density at radius 2 is 2.23 bits per heavy atom. The van der Waals surface area contributed by atoms with Crippen LogP contribution in [-0.2, 0) is 28.5 Å². The van der Waals surface area contributed by atoms with Crippen molar-refractivity contribution in [1.82, 2.24) is 5.32 Å². The molecule has 2 heterocycles. The highest BCUT2D eigenvalue weighted by Gasteiger charge is 2.47. The number of nitrogens with zero attached hydrogens (tertiary/aromatic N) is 3. The number of rotatable bonds is 5. The van der Waals surface area contributed by atoms with E-state index in [0.717, 1.165) is 7.11 Å². The monoisotopic (exact) mass is 370 g/mol. The Bertz CT molecular complexity index is 644. The van der Waals surface area contributed by atoms with Crippen molar-refractivity contribution < 1.29 is 33.6 Å². The first-order valence-corrected chi connectivity index (χ1v) is 7.96. The van der Waals surface area contributed by atoms with Gasteiger partial charge in [0.05, 0.1) is 25.8 Å². The molecule has 0 saturated carbocycles. The number of esters is 1. The van der Waals surface area contributed by atoms with Gasteiger partial charge in [0.15, 0.2) is 5.79 Å². The number of hydrogen-bond donors (Lipinski definition) is 2. The zero-order valence-electron chi connectivity index (χ0n) is 14.9. The highest BCUT2D eigenvalue weighted by Crippen LogP contribution is 2.30. The van der Waals surface area contributed by atoms with Crippen LogP contribution >= 0.6 is 0 Å². The largest absolute Gasteiger partial charge is 0.478 e. The lowest BCUT2D eigenvalue weighted by atomic mass is 9.92. The second-order valence-corrected chi connectivity index (χ2v) is 6.38. The van der Waals surface area contributed by atoms with Crippen LogP contribution in [0.15, 0.2) is 16.9 Å². The molecule has 5 atom stereocenters. The Kier molecular flexibility index (Phi) is 6.09. The first-order valence-electron chi connectivity index (χ1n) is 7.96. The molecule has 0 aliphatic carbocycles. The molecule has 0 aromatic rings. The van der Waals surface area contributed by atoms with Gasteiger partial charge >= 0.3 is 5.97 Å². The highest BCUT2D eigenvalue weighted by molar-refractivity contribution is 5.86. The summed E-state index contributed by atoms with van der Waals surface area (Å²) in [6.07, 6.45) is -1.94. The van der Waals surface area contributed by atoms with Gasteiger partial charge in [-0.25, -0.2) is 4.79 Å². The van der Waals surface area contributed by atoms with Crippen molar-refractivity contribution in [1.29, 1.82) is 0 Å². The number of aliphatic hydroxyl groups is 1. The number of aliphatic hydroxyl groups excluding tert-OH is 1. The number of azide groups is 1. The molecule has 0 aromatic carbocycles. The molecule has 11 nitrogen and oxygen atoms in total. The van der Waals surface area contributed by atoms with Gasteiger partial charge in [-0.15, -0.1) is 0 Å². The summed E-state index contributed by atoms with van der Waals surface area (Å²) < 4.78 is 21.3. The van der Waals surface area contributed by atoms with E-state index in [4.69, 9.17) is 19.7 Å². The molecular formula is C15H22N4O7. The maximum Gasteiger partial charge on any atom is 0.372 e. The van der Waals surface area contributed by atoms with E-state index < -0.39 is 48.1 Å². The van der Waals surface area contributed by atoms with E-state index in [9.17, 15) is 14.7 Å². The molecule has 2 N–H and O–H groups in total. The number of methoxy groups -OCH3 is 1. The Balaban J connectivity index is 2.35. The van der Waals surface area contributed by atoms with Crippen LogP contribution < -0.4 is 5.32 Å². The lowest BCUT2D eigenvalue weighted by Crippen LogP contribution is -2.59. The lowest BCUT2D eigenvalue weighted by molar-refractivity contribution is -0.169. The van der Waals surface area contributed by atoms with Crippen LogP contribution in [-0.4, -0.2) is 66.9 Å². The molecule has 0 bridgehead atoms. The summed E-state index contributed by atoms with van der Waals surface area (Å²) in [6, 6.07) is -1.89. The van der Waals surface area contributed by atoms with Crippen molar-refractivity contribution in [2.45, 2.75) is 57.0 Å². The predicted octanol–water partition coefficient (Wildman–Crippen LogP) is 0.138. The van der Waals surface area contributed by atoms with Crippen LogP contribution in [0.25, 0.3) is 10.4 Å². The van der Waals surface area contributed by atoms with E-state index in [1.165, 1.54) is 13.0 Å². The standard InChI is InChI=1S/C15H22N4O7/c1-7(20)17-11-8(18-19-16)5-9(14(22)23-4)25-13(11)12(21)10-6-24-15(2,3)26-10/h5,8,10-13,21H,6H2,1-4H3,(H,17,20)/t8-,10+,11+,12+,13+/m0/s1. The fourth-order valence-corrected chi connectivity index (χ4v) is 2.87. The van der Waals surface area contributed by atoms with Crippen molar-refractivity contribution in [2.75, 3.05) is 13.7 Å². The van der Waals surface area contributed by atoms with Crippen LogP contribution in [0.5, 0.6) is 0 Å². The normalized spacial score (nSPS) is 31.0. The Morgan fingerprint density at radius 1 is 1.54 bits per heavy atom. The third kappa shape index (κ3) is 4.44. The second kappa shape index (κ2) is 7.92. The van der Waals surface area contributed by atoms with E-state index in [0.29, 0.717) is 0 Å². The fraction of sp³-hybridized carbons (Fsp3) is 0.733. The number of carbonyl (C=O) groups is 2. The first-order chi connectivity index (χ1) is 12.2. The van der Waals surface area contributed by atoms with E-state index >= 15 is 0 Å². The molecule has 2 aliphatic heterocycles. The van der Waals surface area contributed by atoms with E-state index in [1.54, 1.807) is 13.8 Å². The molecule has 1 saturated heterocycles. The summed E-state index contributed by atoms with van der Waals surface area (Å²) in [7, 11) is 1.16. The molecule has 2 aliphatic rings. The molecule has 11 heteroatoms. The predicted molar refractivity (Wildman–Crippen MR) is 86.4 cm³/mol. The molecule has 2 rings (SSSR count). The summed E-state index contributed by atoms with van der Waals surface area (Å²) >= 11 is 0. The fourth-order valence-electron chi connectivity index (χ4n) is 2.87. The number of nitrogens with one attached hydrogen (secondary N) is 1. The van der Waals surface area contributed by atoms with Crippen molar-refractivity contribution in [3.63, 3.8) is 0 Å². The summed E-state index contributed by atoms with van der Waals surface area (Å²) in [5.74, 6) is -2.35. The Labute approximate surface area is 149 Å². The molecule has 26 heavy (non-hydrogen) atoms. The number of ether oxygens (including phenoxy) is 4. The van der Waals surface area contributed by atoms with Crippen molar-refractivity contribution in [3.8, 4) is 0 Å². The van der Waals surface area contributed by atoms with Gasteiger partial charge in [0, 0.05) is 11.8 Å². The Hall–Kier alpha value is -2.33. The second-order valence-electron chi connectivity index (χ2n) is 6.38. The zero-order chi connectivity index (χ0) is 19.5. The van der Waals surface area contributed by atoms with Crippen LogP contribution in [0.1, 0.15) is 20.8 Å². The van der Waals surface area contributed by atoms with Gasteiger partial charge in [-0.05, 0) is 25.5 Å². The molecule has 0 aromatic heterocycles. The summed E-state index contributed by atoms with van der Waals surface area (Å²) in [6.45, 7) is 4.74. The van der Waals surface area contributed by atoms with Gasteiger partial charge in [-0.2, -0.15) is 0 Å². The van der Waals surface area contributed by atoms with Gasteiger partial charge < -0.3 is 29.4 Å². The topological polar surface area (TPSA) is 152 Å². The molecule has 0 spiro atoms. The van der Waals surface area contributed by atoms with Gasteiger partial charge in [0.2, 0.25) is 11.7 Å². The summed E-state index contributed by atoms with van der Waals surface area (Å²) in [5.41, 5.74) is 8.81. The van der Waals surface area contributed by atoms with Gasteiger partial charge in [-0.1, -0.05) is 5.11 Å². The SMILES string of the molecule is COC(=O)C1=C[C@H](N=[N+]=[N-])[C@@H](NC(C)=O)[C@H]([C@H](O)[C@H]2COC(C)(C)O2)O1. The van der Waals surface area contributed by atoms with Crippen molar-refractivity contribution in [3.05, 3.63) is 22.3 Å². The molecular weight excluding hydrogens is 348 g/mol. The van der Waals surface area contributed by atoms with E-state index in [2.05, 4.69) is 20.1 Å². The molecule has 0 unspecified atom stereocenters. The summed E-state index contributed by atoms with van der Waals surface area (Å²) in [4.78, 5) is 26.2. The first kappa shape index (κ1) is 20.0. The van der Waals surface area contributed by atoms with Crippen molar-refractivity contribution >= 4 is 11.9 Å². The smallest absolute Gasteiger partial charge is 0.372 e. The van der Waals surface area contributed by atoms with E-state index in [1.807, 2.05) is 0 Å². The third-order valence-electron chi connectivity index (χ3n) is 4.00. The van der Waals surface area contributed by atoms with Crippen LogP contribution in [0.4, 0.5) is 0 Å². The van der Waals surface area contributed by atoms with Crippen LogP contribution in [0.2, 0.25) is 0 Å². The maximum atomic E-state index is 11.9. The lowest BCUT2D eigenvalue weighted by Gasteiger charge is -2.38. The molecule has 0 radical (unpaired) electrons. The van der Waals surface area contributed by atoms with E-state index in [-0.39, 0.29) is 12.4 Å². The highest BCUT2D eigenvalue weighted by atomic mass is 16.7. The number of hydrogen-bond acceptors (Lipinski definition) is 8.